The molecule has 0 unspecified atom stereocenters. The van der Waals surface area contributed by atoms with Crippen molar-refractivity contribution in [3.8, 4) is 0 Å². The average Bonchev–Trinajstić information content (AvgIpc) is 3.13. The molecular weight excluding hydrogens is 352 g/mol. The summed E-state index contributed by atoms with van der Waals surface area (Å²) in [4.78, 5) is 15.2. The molecule has 3 aliphatic heterocycles. The van der Waals surface area contributed by atoms with Crippen LogP contribution in [-0.4, -0.2) is 86.1 Å². The minimum atomic E-state index is -0.393. The van der Waals surface area contributed by atoms with Gasteiger partial charge < -0.3 is 9.47 Å². The van der Waals surface area contributed by atoms with Crippen LogP contribution in [0.5, 0.6) is 0 Å². The molecule has 1 aromatic carbocycles. The Morgan fingerprint density at radius 1 is 1.04 bits per heavy atom. The molecule has 1 aromatic rings. The maximum atomic E-state index is 10.9. The fraction of sp³-hybridized carbons (Fsp3) is 0.647. The van der Waals surface area contributed by atoms with E-state index in [0.29, 0.717) is 13.2 Å². The molecule has 4 rings (SSSR count). The summed E-state index contributed by atoms with van der Waals surface area (Å²) in [5.41, 5.74) is 0.882. The van der Waals surface area contributed by atoms with Crippen LogP contribution in [0.3, 0.4) is 0 Å². The zero-order valence-electron chi connectivity index (χ0n) is 15.1. The normalized spacial score (nSPS) is 27.2. The minimum Gasteiger partial charge on any atom is -0.379 e. The molecule has 10 heteroatoms. The van der Waals surface area contributed by atoms with Gasteiger partial charge in [0.05, 0.1) is 37.0 Å². The molecule has 0 saturated carbocycles. The summed E-state index contributed by atoms with van der Waals surface area (Å²) >= 11 is 0. The largest absolute Gasteiger partial charge is 0.379 e. The van der Waals surface area contributed by atoms with E-state index in [1.807, 2.05) is 5.01 Å². The molecule has 27 heavy (non-hydrogen) atoms. The number of non-ortho nitro benzene ring substituents is 1. The van der Waals surface area contributed by atoms with Crippen molar-refractivity contribution in [2.24, 2.45) is 10.3 Å². The summed E-state index contributed by atoms with van der Waals surface area (Å²) in [7, 11) is 0. The van der Waals surface area contributed by atoms with Crippen LogP contribution in [0.4, 0.5) is 11.4 Å². The van der Waals surface area contributed by atoms with E-state index in [9.17, 15) is 10.1 Å². The first kappa shape index (κ1) is 18.2. The van der Waals surface area contributed by atoms with Crippen molar-refractivity contribution < 1.29 is 14.4 Å². The Morgan fingerprint density at radius 3 is 2.30 bits per heavy atom. The second-order valence-corrected chi connectivity index (χ2v) is 6.87. The highest BCUT2D eigenvalue weighted by molar-refractivity contribution is 5.51. The lowest BCUT2D eigenvalue weighted by Crippen LogP contribution is -2.56. The van der Waals surface area contributed by atoms with Crippen molar-refractivity contribution in [3.05, 3.63) is 34.4 Å². The molecule has 3 aliphatic rings. The number of benzene rings is 1. The van der Waals surface area contributed by atoms with Gasteiger partial charge >= 0.3 is 0 Å². The van der Waals surface area contributed by atoms with Crippen molar-refractivity contribution in [1.29, 1.82) is 0 Å². The van der Waals surface area contributed by atoms with E-state index in [-0.39, 0.29) is 17.9 Å². The highest BCUT2D eigenvalue weighted by Gasteiger charge is 2.40. The number of rotatable bonds is 5. The summed E-state index contributed by atoms with van der Waals surface area (Å²) in [6.07, 6.45) is -0.0156. The third kappa shape index (κ3) is 4.08. The molecular formula is C17H24N6O4. The molecule has 2 fully saturated rings. The van der Waals surface area contributed by atoms with Crippen LogP contribution in [-0.2, 0) is 9.47 Å². The van der Waals surface area contributed by atoms with Gasteiger partial charge in [0.25, 0.3) is 5.69 Å². The topological polar surface area (TPSA) is 96.0 Å². The van der Waals surface area contributed by atoms with Crippen molar-refractivity contribution in [2.75, 3.05) is 64.2 Å². The quantitative estimate of drug-likeness (QED) is 0.562. The molecule has 2 saturated heterocycles. The third-order valence-corrected chi connectivity index (χ3v) is 5.18. The van der Waals surface area contributed by atoms with Gasteiger partial charge in [-0.2, -0.15) is 5.11 Å². The Balaban J connectivity index is 1.54. The molecule has 0 radical (unpaired) electrons. The van der Waals surface area contributed by atoms with Gasteiger partial charge in [-0.25, -0.2) is 5.01 Å². The lowest BCUT2D eigenvalue weighted by atomic mass is 10.1. The van der Waals surface area contributed by atoms with Gasteiger partial charge in [-0.05, 0) is 12.1 Å². The van der Waals surface area contributed by atoms with E-state index >= 15 is 0 Å². The Hall–Kier alpha value is -2.14. The monoisotopic (exact) mass is 376 g/mol. The van der Waals surface area contributed by atoms with Crippen molar-refractivity contribution in [1.82, 2.24) is 9.80 Å². The van der Waals surface area contributed by atoms with Gasteiger partial charge in [0.1, 0.15) is 12.2 Å². The summed E-state index contributed by atoms with van der Waals surface area (Å²) in [6, 6.07) is 6.51. The number of nitro benzene ring substituents is 1. The third-order valence-electron chi connectivity index (χ3n) is 5.18. The van der Waals surface area contributed by atoms with E-state index in [1.54, 1.807) is 12.1 Å². The van der Waals surface area contributed by atoms with Crippen molar-refractivity contribution in [3.63, 3.8) is 0 Å². The first-order valence-electron chi connectivity index (χ1n) is 9.29. The highest BCUT2D eigenvalue weighted by Crippen LogP contribution is 2.30. The van der Waals surface area contributed by atoms with E-state index in [4.69, 9.17) is 9.47 Å². The molecule has 10 nitrogen and oxygen atoms in total. The van der Waals surface area contributed by atoms with Crippen molar-refractivity contribution in [2.45, 2.75) is 12.2 Å². The van der Waals surface area contributed by atoms with Gasteiger partial charge in [-0.1, -0.05) is 5.22 Å². The lowest BCUT2D eigenvalue weighted by molar-refractivity contribution is -0.384. The molecule has 0 aromatic heterocycles. The Kier molecular flexibility index (Phi) is 5.58. The van der Waals surface area contributed by atoms with Crippen LogP contribution in [0, 0.1) is 10.1 Å². The lowest BCUT2D eigenvalue weighted by Gasteiger charge is -2.39. The molecule has 0 aliphatic carbocycles. The fourth-order valence-corrected chi connectivity index (χ4v) is 3.75. The first-order valence-corrected chi connectivity index (χ1v) is 9.29. The highest BCUT2D eigenvalue weighted by atomic mass is 16.6. The molecule has 0 N–H and O–H groups in total. The predicted molar refractivity (Wildman–Crippen MR) is 97.7 cm³/mol. The Bertz CT molecular complexity index is 673. The van der Waals surface area contributed by atoms with Crippen LogP contribution >= 0.6 is 0 Å². The number of anilines is 1. The molecule has 0 amide bonds. The van der Waals surface area contributed by atoms with Gasteiger partial charge in [0, 0.05) is 44.9 Å². The van der Waals surface area contributed by atoms with Gasteiger partial charge in [-0.3, -0.25) is 19.9 Å². The number of morpholine rings is 2. The zero-order valence-corrected chi connectivity index (χ0v) is 15.1. The maximum absolute atomic E-state index is 10.9. The second-order valence-electron chi connectivity index (χ2n) is 6.87. The SMILES string of the molecule is O=[N+]([O-])c1ccc(N2N=N[C@H](CN3CCOCC3)[C@@H]2N2CCOCC2)cc1. The van der Waals surface area contributed by atoms with Crippen LogP contribution in [0.2, 0.25) is 0 Å². The predicted octanol–water partition coefficient (Wildman–Crippen LogP) is 1.14. The molecule has 146 valence electrons. The van der Waals surface area contributed by atoms with E-state index < -0.39 is 4.92 Å². The average molecular weight is 376 g/mol. The van der Waals surface area contributed by atoms with Crippen LogP contribution in [0.15, 0.2) is 34.6 Å². The number of nitro groups is 1. The van der Waals surface area contributed by atoms with Crippen LogP contribution in [0.25, 0.3) is 0 Å². The number of nitrogens with zero attached hydrogens (tertiary/aromatic N) is 6. The minimum absolute atomic E-state index is 0.0105. The molecule has 0 bridgehead atoms. The van der Waals surface area contributed by atoms with E-state index in [1.165, 1.54) is 12.1 Å². The summed E-state index contributed by atoms with van der Waals surface area (Å²) in [5.74, 6) is 0. The Labute approximate surface area is 157 Å². The zero-order chi connectivity index (χ0) is 18.6. The fourth-order valence-electron chi connectivity index (χ4n) is 3.75. The molecule has 0 spiro atoms. The van der Waals surface area contributed by atoms with Gasteiger partial charge in [0.2, 0.25) is 0 Å². The van der Waals surface area contributed by atoms with E-state index in [2.05, 4.69) is 20.1 Å². The van der Waals surface area contributed by atoms with Crippen LogP contribution < -0.4 is 5.01 Å². The smallest absolute Gasteiger partial charge is 0.269 e. The first-order chi connectivity index (χ1) is 13.2. The summed E-state index contributed by atoms with van der Waals surface area (Å²) in [6.45, 7) is 7.13. The van der Waals surface area contributed by atoms with Crippen LogP contribution in [0.1, 0.15) is 0 Å². The molecule has 3 heterocycles. The summed E-state index contributed by atoms with van der Waals surface area (Å²) in [5, 5.41) is 21.8. The molecule has 2 atom stereocenters. The number of ether oxygens (including phenoxy) is 2. The number of hydrogen-bond donors (Lipinski definition) is 0. The van der Waals surface area contributed by atoms with Gasteiger partial charge in [-0.15, -0.1) is 0 Å². The van der Waals surface area contributed by atoms with E-state index in [0.717, 1.165) is 51.6 Å². The van der Waals surface area contributed by atoms with Crippen molar-refractivity contribution >= 4 is 11.4 Å². The standard InChI is InChI=1S/C17H24N6O4/c24-23(25)15-3-1-14(2-4-15)22-17(21-7-11-27-12-8-21)16(18-19-22)13-20-5-9-26-10-6-20/h1-4,16-17H,5-13H2/t16-,17-/m1/s1. The maximum Gasteiger partial charge on any atom is 0.269 e. The summed E-state index contributed by atoms with van der Waals surface area (Å²) < 4.78 is 10.9. The second kappa shape index (κ2) is 8.26. The number of hydrogen-bond acceptors (Lipinski definition) is 9. The van der Waals surface area contributed by atoms with Gasteiger partial charge in [0.15, 0.2) is 0 Å². The Morgan fingerprint density at radius 2 is 1.67 bits per heavy atom.